The Hall–Kier alpha value is -2.22. The van der Waals surface area contributed by atoms with Gasteiger partial charge in [0.05, 0.1) is 17.9 Å². The minimum Gasteiger partial charge on any atom is -0.386 e. The van der Waals surface area contributed by atoms with E-state index >= 15 is 0 Å². The van der Waals surface area contributed by atoms with E-state index in [1.165, 1.54) is 0 Å². The number of aryl methyl sites for hydroxylation is 1. The van der Waals surface area contributed by atoms with Crippen molar-refractivity contribution in [3.05, 3.63) is 47.8 Å². The van der Waals surface area contributed by atoms with Crippen molar-refractivity contribution in [3.8, 4) is 5.69 Å². The number of aromatic nitrogens is 2. The van der Waals surface area contributed by atoms with Gasteiger partial charge < -0.3 is 19.6 Å². The van der Waals surface area contributed by atoms with Crippen LogP contribution in [0.4, 0.5) is 0 Å². The predicted molar refractivity (Wildman–Crippen MR) is 115 cm³/mol. The fourth-order valence-corrected chi connectivity index (χ4v) is 4.80. The molecule has 1 N–H and O–H groups in total. The van der Waals surface area contributed by atoms with Gasteiger partial charge in [-0.25, -0.2) is 4.68 Å². The molecule has 1 aromatic carbocycles. The lowest BCUT2D eigenvalue weighted by molar-refractivity contribution is -0.205. The number of para-hydroxylation sites is 1. The zero-order chi connectivity index (χ0) is 21.5. The normalized spacial score (nSPS) is 26.3. The number of likely N-dealkylation sites (tertiary alicyclic amines) is 1. The first-order valence-electron chi connectivity index (χ1n) is 10.6. The van der Waals surface area contributed by atoms with Crippen molar-refractivity contribution < 1.29 is 14.6 Å². The molecule has 1 spiro atoms. The summed E-state index contributed by atoms with van der Waals surface area (Å²) in [5.74, 6) is -0.0328. The Kier molecular flexibility index (Phi) is 5.46. The summed E-state index contributed by atoms with van der Waals surface area (Å²) < 4.78 is 7.99. The third kappa shape index (κ3) is 3.89. The van der Waals surface area contributed by atoms with Crippen LogP contribution in [-0.2, 0) is 4.74 Å². The molecule has 0 unspecified atom stereocenters. The van der Waals surface area contributed by atoms with Gasteiger partial charge in [-0.15, -0.1) is 0 Å². The minimum absolute atomic E-state index is 0.0328. The van der Waals surface area contributed by atoms with Gasteiger partial charge in [0.25, 0.3) is 5.91 Å². The van der Waals surface area contributed by atoms with Crippen molar-refractivity contribution >= 4 is 5.91 Å². The van der Waals surface area contributed by atoms with Crippen LogP contribution in [0.2, 0.25) is 0 Å². The molecule has 0 aliphatic carbocycles. The maximum Gasteiger partial charge on any atom is 0.274 e. The number of nitrogens with zero attached hydrogens (tertiary/aromatic N) is 4. The first-order chi connectivity index (χ1) is 14.2. The molecule has 3 heterocycles. The van der Waals surface area contributed by atoms with Crippen molar-refractivity contribution in [2.75, 3.05) is 33.8 Å². The van der Waals surface area contributed by atoms with Gasteiger partial charge >= 0.3 is 0 Å². The van der Waals surface area contributed by atoms with Gasteiger partial charge in [-0.3, -0.25) is 4.79 Å². The lowest BCUT2D eigenvalue weighted by Crippen LogP contribution is -2.63. The summed E-state index contributed by atoms with van der Waals surface area (Å²) in [5, 5.41) is 15.3. The van der Waals surface area contributed by atoms with Crippen molar-refractivity contribution in [2.24, 2.45) is 0 Å². The van der Waals surface area contributed by atoms with E-state index in [9.17, 15) is 9.90 Å². The first-order valence-corrected chi connectivity index (χ1v) is 10.6. The highest BCUT2D eigenvalue weighted by atomic mass is 16.5. The Labute approximate surface area is 178 Å². The van der Waals surface area contributed by atoms with Crippen molar-refractivity contribution in [1.82, 2.24) is 19.6 Å². The Bertz CT molecular complexity index is 898. The number of carbonyl (C=O) groups is 1. The lowest BCUT2D eigenvalue weighted by Gasteiger charge is -2.52. The van der Waals surface area contributed by atoms with Gasteiger partial charge in [-0.05, 0) is 65.4 Å². The van der Waals surface area contributed by atoms with Gasteiger partial charge in [0.15, 0.2) is 5.69 Å². The monoisotopic (exact) mass is 412 g/mol. The van der Waals surface area contributed by atoms with Crippen LogP contribution in [0.25, 0.3) is 5.69 Å². The van der Waals surface area contributed by atoms with E-state index in [-0.39, 0.29) is 17.6 Å². The molecule has 1 aromatic heterocycles. The maximum atomic E-state index is 13.1. The summed E-state index contributed by atoms with van der Waals surface area (Å²) in [4.78, 5) is 17.1. The van der Waals surface area contributed by atoms with Crippen molar-refractivity contribution in [2.45, 2.75) is 50.4 Å². The van der Waals surface area contributed by atoms with Crippen LogP contribution in [0.15, 0.2) is 36.4 Å². The van der Waals surface area contributed by atoms with Crippen molar-refractivity contribution in [3.63, 3.8) is 0 Å². The molecule has 0 saturated carbocycles. The summed E-state index contributed by atoms with van der Waals surface area (Å²) in [6.07, 6.45) is 2.33. The van der Waals surface area contributed by atoms with Crippen LogP contribution in [0.3, 0.4) is 0 Å². The molecule has 2 atom stereocenters. The quantitative estimate of drug-likeness (QED) is 0.837. The molecular formula is C23H32N4O3. The van der Waals surface area contributed by atoms with E-state index < -0.39 is 5.60 Å². The van der Waals surface area contributed by atoms with Crippen LogP contribution < -0.4 is 0 Å². The molecule has 30 heavy (non-hydrogen) atoms. The number of piperidine rings is 1. The number of benzene rings is 1. The standard InChI is InChI=1S/C23H32N4O3/c1-17-14-19(24-27(17)18-8-6-5-7-9-18)21(28)26-12-10-23(11-13-26)15-20(25(3)4)22(2,29)16-30-23/h5-9,14,20,29H,10-13,15-16H2,1-4H3/t20-,22-/m0/s1. The number of amides is 1. The summed E-state index contributed by atoms with van der Waals surface area (Å²) in [5.41, 5.74) is 1.23. The van der Waals surface area contributed by atoms with Crippen LogP contribution in [0.1, 0.15) is 42.4 Å². The van der Waals surface area contributed by atoms with Crippen LogP contribution >= 0.6 is 0 Å². The zero-order valence-electron chi connectivity index (χ0n) is 18.3. The second-order valence-corrected chi connectivity index (χ2v) is 9.22. The van der Waals surface area contributed by atoms with Crippen molar-refractivity contribution in [1.29, 1.82) is 0 Å². The smallest absolute Gasteiger partial charge is 0.274 e. The highest BCUT2D eigenvalue weighted by molar-refractivity contribution is 5.92. The molecule has 2 fully saturated rings. The van der Waals surface area contributed by atoms with Crippen LogP contribution in [-0.4, -0.2) is 81.6 Å². The number of hydrogen-bond donors (Lipinski definition) is 1. The Morgan fingerprint density at radius 2 is 1.90 bits per heavy atom. The maximum absolute atomic E-state index is 13.1. The summed E-state index contributed by atoms with van der Waals surface area (Å²) in [6, 6.07) is 11.7. The SMILES string of the molecule is Cc1cc(C(=O)N2CCC3(CC2)C[C@H](N(C)C)[C@@](C)(O)CO3)nn1-c1ccccc1. The van der Waals surface area contributed by atoms with Gasteiger partial charge in [-0.1, -0.05) is 18.2 Å². The number of ether oxygens (including phenoxy) is 1. The van der Waals surface area contributed by atoms with Gasteiger partial charge in [0.1, 0.15) is 5.60 Å². The zero-order valence-corrected chi connectivity index (χ0v) is 18.3. The number of rotatable bonds is 3. The van der Waals surface area contributed by atoms with E-state index in [0.29, 0.717) is 25.4 Å². The number of likely N-dealkylation sites (N-methyl/N-ethyl adjacent to an activating group) is 1. The molecule has 162 valence electrons. The number of carbonyl (C=O) groups excluding carboxylic acids is 1. The third-order valence-electron chi connectivity index (χ3n) is 6.65. The molecule has 2 saturated heterocycles. The van der Waals surface area contributed by atoms with E-state index in [2.05, 4.69) is 10.00 Å². The summed E-state index contributed by atoms with van der Waals surface area (Å²) in [6.45, 7) is 5.40. The van der Waals surface area contributed by atoms with Crippen LogP contribution in [0, 0.1) is 6.92 Å². The fraction of sp³-hybridized carbons (Fsp3) is 0.565. The van der Waals surface area contributed by atoms with Gasteiger partial charge in [-0.2, -0.15) is 5.10 Å². The third-order valence-corrected chi connectivity index (χ3v) is 6.65. The highest BCUT2D eigenvalue weighted by Crippen LogP contribution is 2.40. The average Bonchev–Trinajstić information content (AvgIpc) is 3.12. The second-order valence-electron chi connectivity index (χ2n) is 9.22. The molecule has 7 heteroatoms. The minimum atomic E-state index is -0.858. The molecule has 2 aliphatic rings. The molecule has 4 rings (SSSR count). The predicted octanol–water partition coefficient (Wildman–Crippen LogP) is 2.26. The molecule has 0 bridgehead atoms. The molecular weight excluding hydrogens is 380 g/mol. The van der Waals surface area contributed by atoms with E-state index in [1.54, 1.807) is 0 Å². The lowest BCUT2D eigenvalue weighted by atomic mass is 9.77. The average molecular weight is 413 g/mol. The number of hydrogen-bond acceptors (Lipinski definition) is 5. The van der Waals surface area contributed by atoms with E-state index in [4.69, 9.17) is 4.74 Å². The Morgan fingerprint density at radius 3 is 2.53 bits per heavy atom. The topological polar surface area (TPSA) is 70.8 Å². The van der Waals surface area contributed by atoms with E-state index in [0.717, 1.165) is 30.6 Å². The van der Waals surface area contributed by atoms with Gasteiger partial charge in [0, 0.05) is 24.8 Å². The molecule has 7 nitrogen and oxygen atoms in total. The van der Waals surface area contributed by atoms with Gasteiger partial charge in [0.2, 0.25) is 0 Å². The second kappa shape index (κ2) is 7.80. The molecule has 0 radical (unpaired) electrons. The summed E-state index contributed by atoms with van der Waals surface area (Å²) >= 11 is 0. The highest BCUT2D eigenvalue weighted by Gasteiger charge is 2.49. The Morgan fingerprint density at radius 1 is 1.23 bits per heavy atom. The fourth-order valence-electron chi connectivity index (χ4n) is 4.80. The first kappa shape index (κ1) is 21.0. The summed E-state index contributed by atoms with van der Waals surface area (Å²) in [7, 11) is 4.00. The number of aliphatic hydroxyl groups is 1. The molecule has 1 amide bonds. The Balaban J connectivity index is 1.44. The van der Waals surface area contributed by atoms with E-state index in [1.807, 2.05) is 73.9 Å². The largest absolute Gasteiger partial charge is 0.386 e. The van der Waals surface area contributed by atoms with Crippen LogP contribution in [0.5, 0.6) is 0 Å². The molecule has 2 aliphatic heterocycles. The molecule has 2 aromatic rings.